The SMILES string of the molecule is Cc1ccc2oc(=O)n(C3CCN(CCCCN4C(=O)c5ccccc5S4(O)O)CC3)c2c1. The van der Waals surface area contributed by atoms with Gasteiger partial charge in [-0.15, -0.1) is 0 Å². The molecular formula is C24H29N3O5S. The molecule has 3 aromatic rings. The van der Waals surface area contributed by atoms with Gasteiger partial charge in [0.1, 0.15) is 0 Å². The number of rotatable bonds is 6. The first kappa shape index (κ1) is 22.2. The maximum absolute atomic E-state index is 12.6. The molecule has 0 saturated carbocycles. The van der Waals surface area contributed by atoms with Gasteiger partial charge in [0.05, 0.1) is 16.0 Å². The lowest BCUT2D eigenvalue weighted by Gasteiger charge is -2.37. The first-order chi connectivity index (χ1) is 15.9. The van der Waals surface area contributed by atoms with Gasteiger partial charge in [-0.25, -0.2) is 9.10 Å². The Morgan fingerprint density at radius 3 is 2.52 bits per heavy atom. The lowest BCUT2D eigenvalue weighted by molar-refractivity contribution is 0.0859. The molecule has 2 N–H and O–H groups in total. The van der Waals surface area contributed by atoms with Crippen LogP contribution >= 0.6 is 10.8 Å². The molecule has 2 aliphatic heterocycles. The second kappa shape index (κ2) is 8.64. The van der Waals surface area contributed by atoms with E-state index < -0.39 is 10.8 Å². The summed E-state index contributed by atoms with van der Waals surface area (Å²) in [5.41, 5.74) is 2.99. The Bertz CT molecular complexity index is 1240. The van der Waals surface area contributed by atoms with Gasteiger partial charge in [0.25, 0.3) is 5.91 Å². The number of piperidine rings is 1. The number of amides is 1. The summed E-state index contributed by atoms with van der Waals surface area (Å²) < 4.78 is 29.6. The molecule has 2 aliphatic rings. The number of nitrogens with zero attached hydrogens (tertiary/aromatic N) is 3. The summed E-state index contributed by atoms with van der Waals surface area (Å²) in [4.78, 5) is 27.7. The molecule has 33 heavy (non-hydrogen) atoms. The van der Waals surface area contributed by atoms with Gasteiger partial charge >= 0.3 is 5.76 Å². The molecule has 1 amide bonds. The highest BCUT2D eigenvalue weighted by Gasteiger charge is 2.40. The third-order valence-electron chi connectivity index (χ3n) is 6.72. The molecule has 0 aliphatic carbocycles. The van der Waals surface area contributed by atoms with Crippen molar-refractivity contribution < 1.29 is 18.3 Å². The fourth-order valence-corrected chi connectivity index (χ4v) is 6.62. The zero-order chi connectivity index (χ0) is 23.2. The second-order valence-electron chi connectivity index (χ2n) is 8.91. The summed E-state index contributed by atoms with van der Waals surface area (Å²) in [6.45, 7) is 4.98. The maximum atomic E-state index is 12.6. The van der Waals surface area contributed by atoms with Crippen molar-refractivity contribution in [2.24, 2.45) is 0 Å². The van der Waals surface area contributed by atoms with Crippen molar-refractivity contribution in [2.75, 3.05) is 26.2 Å². The molecule has 0 bridgehead atoms. The molecule has 1 aromatic heterocycles. The average Bonchev–Trinajstić information content (AvgIpc) is 3.22. The van der Waals surface area contributed by atoms with Crippen LogP contribution in [-0.2, 0) is 0 Å². The van der Waals surface area contributed by atoms with Crippen LogP contribution in [-0.4, -0.2) is 55.0 Å². The Hall–Kier alpha value is -2.59. The standard InChI is InChI=1S/C24H29N3O5S/c1-17-8-9-21-20(16-17)27(24(29)32-21)18-10-14-25(15-11-18)12-4-5-13-26-23(28)19-6-2-3-7-22(19)33(26,30)31/h2-3,6-9,16,18,30-31H,4-5,10-15H2,1H3. The number of oxazole rings is 1. The van der Waals surface area contributed by atoms with Crippen LogP contribution in [0.3, 0.4) is 0 Å². The summed E-state index contributed by atoms with van der Waals surface area (Å²) in [6.07, 6.45) is 3.31. The third-order valence-corrected chi connectivity index (χ3v) is 8.63. The van der Waals surface area contributed by atoms with E-state index in [1.807, 2.05) is 25.1 Å². The van der Waals surface area contributed by atoms with Crippen molar-refractivity contribution in [2.45, 2.75) is 43.5 Å². The first-order valence-corrected chi connectivity index (χ1v) is 12.9. The van der Waals surface area contributed by atoms with Crippen molar-refractivity contribution in [3.63, 3.8) is 0 Å². The third kappa shape index (κ3) is 3.99. The minimum atomic E-state index is -3.23. The summed E-state index contributed by atoms with van der Waals surface area (Å²) in [7, 11) is -3.23. The Kier molecular flexibility index (Phi) is 5.82. The van der Waals surface area contributed by atoms with E-state index in [2.05, 4.69) is 4.90 Å². The van der Waals surface area contributed by atoms with Gasteiger partial charge in [0, 0.05) is 25.7 Å². The summed E-state index contributed by atoms with van der Waals surface area (Å²) in [5.74, 6) is -0.594. The van der Waals surface area contributed by atoms with Gasteiger partial charge in [-0.2, -0.15) is 0 Å². The molecule has 8 nitrogen and oxygen atoms in total. The number of hydrogen-bond acceptors (Lipinski definition) is 6. The van der Waals surface area contributed by atoms with E-state index in [4.69, 9.17) is 4.42 Å². The van der Waals surface area contributed by atoms with E-state index >= 15 is 0 Å². The minimum Gasteiger partial charge on any atom is -0.408 e. The number of likely N-dealkylation sites (tertiary alicyclic amines) is 1. The number of fused-ring (bicyclic) bond motifs is 2. The van der Waals surface area contributed by atoms with Gasteiger partial charge in [-0.3, -0.25) is 18.5 Å². The average molecular weight is 472 g/mol. The number of hydrogen-bond donors (Lipinski definition) is 2. The maximum Gasteiger partial charge on any atom is 0.420 e. The zero-order valence-corrected chi connectivity index (χ0v) is 19.5. The summed E-state index contributed by atoms with van der Waals surface area (Å²) >= 11 is 0. The van der Waals surface area contributed by atoms with Crippen molar-refractivity contribution in [1.82, 2.24) is 13.8 Å². The van der Waals surface area contributed by atoms with Gasteiger partial charge < -0.3 is 9.32 Å². The van der Waals surface area contributed by atoms with Gasteiger partial charge in [-0.1, -0.05) is 29.0 Å². The molecular weight excluding hydrogens is 442 g/mol. The Labute approximate surface area is 193 Å². The Balaban J connectivity index is 1.13. The quantitative estimate of drug-likeness (QED) is 0.514. The predicted octanol–water partition coefficient (Wildman–Crippen LogP) is 4.50. The van der Waals surface area contributed by atoms with Crippen LogP contribution in [0.25, 0.3) is 11.1 Å². The van der Waals surface area contributed by atoms with Crippen LogP contribution in [0.2, 0.25) is 0 Å². The summed E-state index contributed by atoms with van der Waals surface area (Å²) in [5, 5.41) is 0. The molecule has 176 valence electrons. The Morgan fingerprint density at radius 1 is 1.03 bits per heavy atom. The van der Waals surface area contributed by atoms with Crippen LogP contribution < -0.4 is 5.76 Å². The van der Waals surface area contributed by atoms with Crippen LogP contribution in [0.4, 0.5) is 0 Å². The smallest absolute Gasteiger partial charge is 0.408 e. The number of unbranched alkanes of at least 4 members (excludes halogenated alkanes) is 1. The fourth-order valence-electron chi connectivity index (χ4n) is 4.96. The van der Waals surface area contributed by atoms with E-state index in [0.717, 1.165) is 50.0 Å². The second-order valence-corrected chi connectivity index (χ2v) is 10.8. The number of aryl methyl sites for hydroxylation is 1. The minimum absolute atomic E-state index is 0.130. The van der Waals surface area contributed by atoms with Crippen molar-refractivity contribution in [3.05, 3.63) is 64.1 Å². The van der Waals surface area contributed by atoms with Gasteiger partial charge in [0.15, 0.2) is 5.58 Å². The highest BCUT2D eigenvalue weighted by Crippen LogP contribution is 2.58. The van der Waals surface area contributed by atoms with Crippen LogP contribution in [0.5, 0.6) is 0 Å². The van der Waals surface area contributed by atoms with E-state index in [9.17, 15) is 18.7 Å². The fraction of sp³-hybridized carbons (Fsp3) is 0.417. The molecule has 1 fully saturated rings. The van der Waals surface area contributed by atoms with Crippen molar-refractivity contribution in [3.8, 4) is 0 Å². The molecule has 5 rings (SSSR count). The molecule has 1 saturated heterocycles. The molecule has 0 spiro atoms. The number of aromatic nitrogens is 1. The van der Waals surface area contributed by atoms with Gasteiger partial charge in [-0.05, 0) is 69.0 Å². The first-order valence-electron chi connectivity index (χ1n) is 11.4. The molecule has 2 aromatic carbocycles. The van der Waals surface area contributed by atoms with E-state index in [1.165, 1.54) is 4.31 Å². The number of carbonyl (C=O) groups is 1. The number of benzene rings is 2. The molecule has 3 heterocycles. The predicted molar refractivity (Wildman–Crippen MR) is 128 cm³/mol. The highest BCUT2D eigenvalue weighted by molar-refractivity contribution is 8.23. The molecule has 0 atom stereocenters. The van der Waals surface area contributed by atoms with Crippen molar-refractivity contribution in [1.29, 1.82) is 0 Å². The van der Waals surface area contributed by atoms with Crippen LogP contribution in [0.1, 0.15) is 47.6 Å². The van der Waals surface area contributed by atoms with Crippen molar-refractivity contribution >= 4 is 27.8 Å². The zero-order valence-electron chi connectivity index (χ0n) is 18.6. The Morgan fingerprint density at radius 2 is 1.76 bits per heavy atom. The van der Waals surface area contributed by atoms with E-state index in [-0.39, 0.29) is 17.7 Å². The lowest BCUT2D eigenvalue weighted by Crippen LogP contribution is -2.37. The number of carbonyl (C=O) groups excluding carboxylic acids is 1. The molecule has 0 radical (unpaired) electrons. The topological polar surface area (TPSA) is 99.2 Å². The highest BCUT2D eigenvalue weighted by atomic mass is 32.3. The normalized spacial score (nSPS) is 19.8. The largest absolute Gasteiger partial charge is 0.420 e. The van der Waals surface area contributed by atoms with Crippen LogP contribution in [0.15, 0.2) is 56.6 Å². The molecule has 0 unspecified atom stereocenters. The van der Waals surface area contributed by atoms with Gasteiger partial charge in [0.2, 0.25) is 0 Å². The monoisotopic (exact) mass is 471 g/mol. The summed E-state index contributed by atoms with van der Waals surface area (Å²) in [6, 6.07) is 12.7. The lowest BCUT2D eigenvalue weighted by atomic mass is 10.0. The van der Waals surface area contributed by atoms with Crippen LogP contribution in [0, 0.1) is 6.92 Å². The molecule has 9 heteroatoms. The van der Waals surface area contributed by atoms with E-state index in [0.29, 0.717) is 29.0 Å². The van der Waals surface area contributed by atoms with E-state index in [1.54, 1.807) is 28.8 Å².